The van der Waals surface area contributed by atoms with E-state index < -0.39 is 7.60 Å². The van der Waals surface area contributed by atoms with E-state index in [0.717, 1.165) is 5.56 Å². The van der Waals surface area contributed by atoms with E-state index in [1.54, 1.807) is 12.1 Å². The second-order valence-electron chi connectivity index (χ2n) is 7.08. The van der Waals surface area contributed by atoms with Gasteiger partial charge < -0.3 is 9.79 Å². The number of benzene rings is 1. The average molecular weight is 325 g/mol. The molecule has 0 atom stereocenters. The summed E-state index contributed by atoms with van der Waals surface area (Å²) >= 11 is 0. The molecule has 0 fully saturated rings. The first kappa shape index (κ1) is 20.6. The summed E-state index contributed by atoms with van der Waals surface area (Å²) in [5, 5.41) is 0.167. The second kappa shape index (κ2) is 6.40. The molecule has 0 heterocycles. The molecule has 5 heteroatoms. The zero-order chi connectivity index (χ0) is 15.2. The second-order valence-corrected chi connectivity index (χ2v) is 8.62. The molecule has 0 saturated carbocycles. The van der Waals surface area contributed by atoms with Crippen LogP contribution in [0.5, 0.6) is 0 Å². The van der Waals surface area contributed by atoms with Gasteiger partial charge in [0.1, 0.15) is 0 Å². The fourth-order valence-electron chi connectivity index (χ4n) is 2.15. The van der Waals surface area contributed by atoms with Crippen LogP contribution in [0.4, 0.5) is 0 Å². The normalized spacial score (nSPS) is 13.1. The third-order valence-corrected chi connectivity index (χ3v) is 4.14. The SMILES string of the molecule is [CH2]c1cc(C(C)(C)C)c(P(=O)(O)O)c(C(C)(C)C)c1.[CaH2]. The van der Waals surface area contributed by atoms with E-state index in [0.29, 0.717) is 11.1 Å². The predicted octanol–water partition coefficient (Wildman–Crippen LogP) is 2.35. The van der Waals surface area contributed by atoms with Crippen molar-refractivity contribution in [3.05, 3.63) is 35.7 Å². The summed E-state index contributed by atoms with van der Waals surface area (Å²) in [6.07, 6.45) is 0. The summed E-state index contributed by atoms with van der Waals surface area (Å²) in [4.78, 5) is 19.5. The number of hydrogen-bond donors (Lipinski definition) is 2. The molecule has 1 rings (SSSR count). The van der Waals surface area contributed by atoms with Gasteiger partial charge in [0.05, 0.1) is 5.30 Å². The molecule has 0 aliphatic heterocycles. The van der Waals surface area contributed by atoms with Crippen molar-refractivity contribution < 1.29 is 14.4 Å². The molecule has 0 aliphatic carbocycles. The third-order valence-electron chi connectivity index (χ3n) is 3.08. The van der Waals surface area contributed by atoms with Crippen LogP contribution in [-0.2, 0) is 15.4 Å². The third kappa shape index (κ3) is 4.83. The standard InChI is InChI=1S/C15H24O3P.Ca.2H/c1-10-8-11(14(2,3)4)13(19(16,17)18)12(9-10)15(5,6)7;;;/h8-9H,1H2,2-7H3,(H2,16,17,18);;;. The Morgan fingerprint density at radius 2 is 1.25 bits per heavy atom. The summed E-state index contributed by atoms with van der Waals surface area (Å²) in [6, 6.07) is 3.56. The van der Waals surface area contributed by atoms with Gasteiger partial charge in [-0.25, -0.2) is 0 Å². The van der Waals surface area contributed by atoms with E-state index in [2.05, 4.69) is 6.92 Å². The van der Waals surface area contributed by atoms with Gasteiger partial charge in [-0.3, -0.25) is 4.57 Å². The van der Waals surface area contributed by atoms with Gasteiger partial charge in [-0.2, -0.15) is 0 Å². The maximum absolute atomic E-state index is 12.0. The first-order valence-corrected chi connectivity index (χ1v) is 7.93. The van der Waals surface area contributed by atoms with E-state index in [1.807, 2.05) is 41.5 Å². The molecular weight excluding hydrogens is 299 g/mol. The van der Waals surface area contributed by atoms with Crippen LogP contribution >= 0.6 is 7.60 Å². The maximum atomic E-state index is 12.0. The topological polar surface area (TPSA) is 57.5 Å². The predicted molar refractivity (Wildman–Crippen MR) is 88.5 cm³/mol. The summed E-state index contributed by atoms with van der Waals surface area (Å²) < 4.78 is 12.0. The zero-order valence-electron chi connectivity index (χ0n) is 12.6. The van der Waals surface area contributed by atoms with Gasteiger partial charge in [-0.15, -0.1) is 0 Å². The van der Waals surface area contributed by atoms with Crippen molar-refractivity contribution in [2.45, 2.75) is 52.4 Å². The number of rotatable bonds is 1. The van der Waals surface area contributed by atoms with Crippen molar-refractivity contribution in [1.29, 1.82) is 0 Å². The van der Waals surface area contributed by atoms with Crippen molar-refractivity contribution in [1.82, 2.24) is 0 Å². The van der Waals surface area contributed by atoms with Crippen LogP contribution in [0.3, 0.4) is 0 Å². The monoisotopic (exact) mass is 325 g/mol. The van der Waals surface area contributed by atoms with E-state index in [1.165, 1.54) is 0 Å². The van der Waals surface area contributed by atoms with Gasteiger partial charge >= 0.3 is 45.3 Å². The first-order chi connectivity index (χ1) is 8.24. The molecule has 111 valence electrons. The Balaban J connectivity index is 0.00000361. The fraction of sp³-hybridized carbons (Fsp3) is 0.533. The van der Waals surface area contributed by atoms with Gasteiger partial charge in [-0.1, -0.05) is 53.7 Å². The van der Waals surface area contributed by atoms with Gasteiger partial charge in [0.25, 0.3) is 0 Å². The molecule has 0 aliphatic rings. The molecule has 2 N–H and O–H groups in total. The zero-order valence-corrected chi connectivity index (χ0v) is 13.5. The van der Waals surface area contributed by atoms with Crippen molar-refractivity contribution in [3.63, 3.8) is 0 Å². The Morgan fingerprint density at radius 3 is 1.45 bits per heavy atom. The molecule has 0 unspecified atom stereocenters. The molecule has 0 aromatic heterocycles. The summed E-state index contributed by atoms with van der Waals surface area (Å²) in [6.45, 7) is 15.6. The Labute approximate surface area is 152 Å². The Kier molecular flexibility index (Phi) is 6.60. The first-order valence-electron chi connectivity index (χ1n) is 6.31. The molecule has 0 saturated heterocycles. The van der Waals surface area contributed by atoms with Gasteiger partial charge in [0.15, 0.2) is 0 Å². The molecular formula is C15H26CaO3P. The quantitative estimate of drug-likeness (QED) is 0.615. The van der Waals surface area contributed by atoms with E-state index in [9.17, 15) is 14.4 Å². The fourth-order valence-corrected chi connectivity index (χ4v) is 3.58. The van der Waals surface area contributed by atoms with Crippen molar-refractivity contribution in [2.75, 3.05) is 0 Å². The van der Waals surface area contributed by atoms with Crippen LogP contribution in [0.25, 0.3) is 0 Å². The molecule has 20 heavy (non-hydrogen) atoms. The van der Waals surface area contributed by atoms with E-state index in [4.69, 9.17) is 0 Å². The van der Waals surface area contributed by atoms with Crippen molar-refractivity contribution in [3.8, 4) is 0 Å². The molecule has 0 spiro atoms. The van der Waals surface area contributed by atoms with Gasteiger partial charge in [0, 0.05) is 0 Å². The minimum absolute atomic E-state index is 0. The summed E-state index contributed by atoms with van der Waals surface area (Å²) in [7, 11) is -4.33. The van der Waals surface area contributed by atoms with Crippen LogP contribution in [-0.4, -0.2) is 47.5 Å². The van der Waals surface area contributed by atoms with E-state index in [-0.39, 0.29) is 53.9 Å². The van der Waals surface area contributed by atoms with Gasteiger partial charge in [-0.05, 0) is 34.4 Å². The van der Waals surface area contributed by atoms with Crippen molar-refractivity contribution >= 4 is 50.6 Å². The van der Waals surface area contributed by atoms with Crippen LogP contribution in [0.2, 0.25) is 0 Å². The average Bonchev–Trinajstić information content (AvgIpc) is 2.11. The molecule has 1 radical (unpaired) electrons. The van der Waals surface area contributed by atoms with Crippen LogP contribution in [0.1, 0.15) is 58.2 Å². The molecule has 0 amide bonds. The summed E-state index contributed by atoms with van der Waals surface area (Å²) in [5.74, 6) is 0. The van der Waals surface area contributed by atoms with Crippen LogP contribution < -0.4 is 5.30 Å². The van der Waals surface area contributed by atoms with Crippen LogP contribution in [0.15, 0.2) is 12.1 Å². The minimum atomic E-state index is -4.33. The van der Waals surface area contributed by atoms with Gasteiger partial charge in [0.2, 0.25) is 0 Å². The molecule has 0 bridgehead atoms. The Morgan fingerprint density at radius 1 is 0.950 bits per heavy atom. The molecule has 3 nitrogen and oxygen atoms in total. The Hall–Kier alpha value is 0.630. The molecule has 1 aromatic carbocycles. The van der Waals surface area contributed by atoms with Crippen molar-refractivity contribution in [2.24, 2.45) is 0 Å². The molecule has 1 aromatic rings. The number of hydrogen-bond acceptors (Lipinski definition) is 1. The van der Waals surface area contributed by atoms with E-state index >= 15 is 0 Å². The van der Waals surface area contributed by atoms with Crippen LogP contribution in [0, 0.1) is 6.92 Å². The Bertz CT molecular complexity index is 498. The summed E-state index contributed by atoms with van der Waals surface area (Å²) in [5.41, 5.74) is 1.46.